The average Bonchev–Trinajstić information content (AvgIpc) is 2.69. The molecule has 1 aliphatic rings. The molecule has 0 unspecified atom stereocenters. The average molecular weight is 371 g/mol. The van der Waals surface area contributed by atoms with Crippen LogP contribution in [0.25, 0.3) is 0 Å². The van der Waals surface area contributed by atoms with Crippen molar-refractivity contribution in [3.63, 3.8) is 0 Å². The molecular weight excluding hydrogens is 341 g/mol. The lowest BCUT2D eigenvalue weighted by molar-refractivity contribution is 0.0418. The third-order valence-electron chi connectivity index (χ3n) is 5.56. The Morgan fingerprint density at radius 2 is 1.81 bits per heavy atom. The molecule has 146 valence electrons. The fraction of sp³-hybridized carbons (Fsp3) is 0.478. The first-order valence-corrected chi connectivity index (χ1v) is 9.86. The van der Waals surface area contributed by atoms with Gasteiger partial charge in [-0.15, -0.1) is 0 Å². The lowest BCUT2D eigenvalue weighted by Gasteiger charge is -2.33. The molecule has 2 aromatic carbocycles. The molecule has 1 saturated carbocycles. The highest BCUT2D eigenvalue weighted by atomic mass is 19.1. The van der Waals surface area contributed by atoms with Gasteiger partial charge < -0.3 is 9.84 Å². The Labute approximate surface area is 161 Å². The van der Waals surface area contributed by atoms with E-state index in [2.05, 4.69) is 17.0 Å². The summed E-state index contributed by atoms with van der Waals surface area (Å²) in [5.74, 6) is 0.305. The fourth-order valence-electron chi connectivity index (χ4n) is 4.02. The molecule has 1 fully saturated rings. The first-order chi connectivity index (χ1) is 13.1. The molecule has 1 N–H and O–H groups in total. The molecule has 4 heteroatoms. The topological polar surface area (TPSA) is 32.7 Å². The van der Waals surface area contributed by atoms with Gasteiger partial charge in [-0.1, -0.05) is 42.5 Å². The molecule has 0 amide bonds. The molecule has 3 nitrogen and oxygen atoms in total. The number of hydrogen-bond acceptors (Lipinski definition) is 3. The monoisotopic (exact) mass is 371 g/mol. The standard InChI is InChI=1S/C23H30FNO2/c1-27-22-12-10-19(11-13-22)16-25(15-18-6-3-2-4-7-18)17-23(26)20-8-5-9-21(24)14-20/h2-9,14,19,22-23,26H,10-13,15-17H2,1H3/t19?,22?,23-/m0/s1. The van der Waals surface area contributed by atoms with E-state index in [1.807, 2.05) is 18.2 Å². The first-order valence-electron chi connectivity index (χ1n) is 9.86. The molecule has 0 bridgehead atoms. The van der Waals surface area contributed by atoms with Gasteiger partial charge in [-0.2, -0.15) is 0 Å². The highest BCUT2D eigenvalue weighted by Crippen LogP contribution is 2.28. The third kappa shape index (κ3) is 6.13. The zero-order valence-corrected chi connectivity index (χ0v) is 16.1. The van der Waals surface area contributed by atoms with E-state index in [1.54, 1.807) is 19.2 Å². The van der Waals surface area contributed by atoms with Crippen molar-refractivity contribution in [2.45, 2.75) is 44.4 Å². The van der Waals surface area contributed by atoms with Crippen LogP contribution in [-0.2, 0) is 11.3 Å². The summed E-state index contributed by atoms with van der Waals surface area (Å²) in [4.78, 5) is 2.31. The summed E-state index contributed by atoms with van der Waals surface area (Å²) in [6, 6.07) is 16.6. The summed E-state index contributed by atoms with van der Waals surface area (Å²) in [5.41, 5.74) is 1.87. The maximum absolute atomic E-state index is 13.5. The van der Waals surface area contributed by atoms with Crippen molar-refractivity contribution in [2.24, 2.45) is 5.92 Å². The van der Waals surface area contributed by atoms with Crippen molar-refractivity contribution in [1.82, 2.24) is 4.90 Å². The molecule has 0 aromatic heterocycles. The van der Waals surface area contributed by atoms with Gasteiger partial charge in [0.05, 0.1) is 12.2 Å². The molecule has 3 rings (SSSR count). The Kier molecular flexibility index (Phi) is 7.39. The zero-order valence-electron chi connectivity index (χ0n) is 16.1. The van der Waals surface area contributed by atoms with Gasteiger partial charge in [-0.25, -0.2) is 4.39 Å². The van der Waals surface area contributed by atoms with E-state index in [9.17, 15) is 9.50 Å². The van der Waals surface area contributed by atoms with Crippen LogP contribution in [0, 0.1) is 11.7 Å². The SMILES string of the molecule is COC1CCC(CN(Cc2ccccc2)C[C@H](O)c2cccc(F)c2)CC1. The number of ether oxygens (including phenoxy) is 1. The summed E-state index contributed by atoms with van der Waals surface area (Å²) in [5, 5.41) is 10.7. The minimum atomic E-state index is -0.695. The van der Waals surface area contributed by atoms with E-state index in [4.69, 9.17) is 4.74 Å². The van der Waals surface area contributed by atoms with Gasteiger partial charge >= 0.3 is 0 Å². The van der Waals surface area contributed by atoms with Crippen LogP contribution in [0.15, 0.2) is 54.6 Å². The molecule has 0 spiro atoms. The van der Waals surface area contributed by atoms with Crippen molar-refractivity contribution >= 4 is 0 Å². The molecular formula is C23H30FNO2. The van der Waals surface area contributed by atoms with Crippen LogP contribution in [0.1, 0.15) is 42.9 Å². The van der Waals surface area contributed by atoms with Crippen molar-refractivity contribution in [3.8, 4) is 0 Å². The fourth-order valence-corrected chi connectivity index (χ4v) is 4.02. The second-order valence-corrected chi connectivity index (χ2v) is 7.63. The Hall–Kier alpha value is -1.75. The normalized spacial score (nSPS) is 21.3. The Morgan fingerprint density at radius 1 is 1.07 bits per heavy atom. The van der Waals surface area contributed by atoms with Crippen LogP contribution < -0.4 is 0 Å². The van der Waals surface area contributed by atoms with E-state index < -0.39 is 6.10 Å². The predicted molar refractivity (Wildman–Crippen MR) is 106 cm³/mol. The smallest absolute Gasteiger partial charge is 0.123 e. The van der Waals surface area contributed by atoms with E-state index in [-0.39, 0.29) is 5.82 Å². The molecule has 27 heavy (non-hydrogen) atoms. The number of aliphatic hydroxyl groups excluding tert-OH is 1. The van der Waals surface area contributed by atoms with Crippen molar-refractivity contribution < 1.29 is 14.2 Å². The van der Waals surface area contributed by atoms with Gasteiger partial charge in [0.2, 0.25) is 0 Å². The highest BCUT2D eigenvalue weighted by molar-refractivity contribution is 5.19. The number of rotatable bonds is 8. The summed E-state index contributed by atoms with van der Waals surface area (Å²) >= 11 is 0. The van der Waals surface area contributed by atoms with E-state index in [0.717, 1.165) is 38.8 Å². The lowest BCUT2D eigenvalue weighted by Crippen LogP contribution is -2.35. The molecule has 1 aliphatic carbocycles. The molecule has 0 heterocycles. The van der Waals surface area contributed by atoms with Gasteiger partial charge in [0.25, 0.3) is 0 Å². The van der Waals surface area contributed by atoms with E-state index >= 15 is 0 Å². The van der Waals surface area contributed by atoms with Crippen LogP contribution >= 0.6 is 0 Å². The Morgan fingerprint density at radius 3 is 2.48 bits per heavy atom. The molecule has 0 saturated heterocycles. The van der Waals surface area contributed by atoms with E-state index in [0.29, 0.717) is 24.1 Å². The van der Waals surface area contributed by atoms with Gasteiger partial charge in [-0.3, -0.25) is 4.90 Å². The molecule has 2 aromatic rings. The maximum atomic E-state index is 13.5. The largest absolute Gasteiger partial charge is 0.387 e. The van der Waals surface area contributed by atoms with Gasteiger partial charge in [-0.05, 0) is 54.9 Å². The van der Waals surface area contributed by atoms with Crippen LogP contribution in [0.4, 0.5) is 4.39 Å². The Balaban J connectivity index is 1.65. The summed E-state index contributed by atoms with van der Waals surface area (Å²) in [6.45, 7) is 2.23. The van der Waals surface area contributed by atoms with Gasteiger partial charge in [0.1, 0.15) is 5.82 Å². The number of hydrogen-bond donors (Lipinski definition) is 1. The first kappa shape index (κ1) is 20.0. The quantitative estimate of drug-likeness (QED) is 0.738. The minimum Gasteiger partial charge on any atom is -0.387 e. The summed E-state index contributed by atoms with van der Waals surface area (Å²) in [6.07, 6.45) is 4.21. The number of benzene rings is 2. The lowest BCUT2D eigenvalue weighted by atomic mass is 9.87. The predicted octanol–water partition coefficient (Wildman–Crippen LogP) is 4.57. The Bertz CT molecular complexity index is 686. The van der Waals surface area contributed by atoms with Gasteiger partial charge in [0, 0.05) is 26.7 Å². The van der Waals surface area contributed by atoms with E-state index in [1.165, 1.54) is 17.7 Å². The van der Waals surface area contributed by atoms with Crippen LogP contribution in [-0.4, -0.2) is 36.3 Å². The van der Waals surface area contributed by atoms with Crippen molar-refractivity contribution in [1.29, 1.82) is 0 Å². The maximum Gasteiger partial charge on any atom is 0.123 e. The summed E-state index contributed by atoms with van der Waals surface area (Å²) < 4.78 is 19.0. The number of halogens is 1. The number of aliphatic hydroxyl groups is 1. The zero-order chi connectivity index (χ0) is 19.1. The second-order valence-electron chi connectivity index (χ2n) is 7.63. The van der Waals surface area contributed by atoms with Crippen LogP contribution in [0.2, 0.25) is 0 Å². The summed E-state index contributed by atoms with van der Waals surface area (Å²) in [7, 11) is 1.79. The molecule has 0 aliphatic heterocycles. The highest BCUT2D eigenvalue weighted by Gasteiger charge is 2.24. The van der Waals surface area contributed by atoms with Gasteiger partial charge in [0.15, 0.2) is 0 Å². The molecule has 1 atom stereocenters. The second kappa shape index (κ2) is 9.98. The van der Waals surface area contributed by atoms with Crippen LogP contribution in [0.3, 0.4) is 0 Å². The van der Waals surface area contributed by atoms with Crippen molar-refractivity contribution in [3.05, 3.63) is 71.5 Å². The minimum absolute atomic E-state index is 0.306. The van der Waals surface area contributed by atoms with Crippen molar-refractivity contribution in [2.75, 3.05) is 20.2 Å². The number of methoxy groups -OCH3 is 1. The molecule has 0 radical (unpaired) electrons. The number of nitrogens with zero attached hydrogens (tertiary/aromatic N) is 1. The third-order valence-corrected chi connectivity index (χ3v) is 5.56. The van der Waals surface area contributed by atoms with Crippen LogP contribution in [0.5, 0.6) is 0 Å².